The summed E-state index contributed by atoms with van der Waals surface area (Å²) in [5.41, 5.74) is 1.38. The molecular weight excluding hydrogens is 431 g/mol. The number of aromatic nitrogens is 4. The largest absolute Gasteiger partial charge is 0.416 e. The van der Waals surface area contributed by atoms with Gasteiger partial charge >= 0.3 is 6.18 Å². The molecule has 1 N–H and O–H groups in total. The minimum absolute atomic E-state index is 0.0118. The van der Waals surface area contributed by atoms with Crippen LogP contribution in [0.5, 0.6) is 0 Å². The van der Waals surface area contributed by atoms with Crippen molar-refractivity contribution in [3.05, 3.63) is 102 Å². The van der Waals surface area contributed by atoms with Crippen LogP contribution in [0.1, 0.15) is 22.7 Å². The minimum atomic E-state index is -4.48. The Morgan fingerprint density at radius 2 is 1.64 bits per heavy atom. The van der Waals surface area contributed by atoms with Crippen LogP contribution in [0.25, 0.3) is 11.4 Å². The summed E-state index contributed by atoms with van der Waals surface area (Å²) in [6.45, 7) is -0.218. The molecule has 1 atom stereocenters. The molecule has 1 heterocycles. The van der Waals surface area contributed by atoms with E-state index in [-0.39, 0.29) is 29.9 Å². The zero-order valence-corrected chi connectivity index (χ0v) is 17.4. The van der Waals surface area contributed by atoms with E-state index in [1.54, 1.807) is 0 Å². The number of carbonyl (C=O) groups excluding carboxylic acids is 1. The van der Waals surface area contributed by atoms with Crippen LogP contribution < -0.4 is 5.32 Å². The van der Waals surface area contributed by atoms with Gasteiger partial charge in [-0.2, -0.15) is 18.0 Å². The summed E-state index contributed by atoms with van der Waals surface area (Å²) in [7, 11) is 0. The van der Waals surface area contributed by atoms with E-state index in [1.165, 1.54) is 12.1 Å². The third kappa shape index (κ3) is 5.82. The molecule has 3 aromatic carbocycles. The molecule has 0 saturated carbocycles. The van der Waals surface area contributed by atoms with Gasteiger partial charge in [-0.25, -0.2) is 0 Å². The molecule has 1 amide bonds. The fourth-order valence-corrected chi connectivity index (χ4v) is 3.42. The maximum absolute atomic E-state index is 13.0. The summed E-state index contributed by atoms with van der Waals surface area (Å²) in [5, 5.41) is 14.7. The number of nitrogens with one attached hydrogen (secondary N) is 1. The van der Waals surface area contributed by atoms with Crippen molar-refractivity contribution in [2.45, 2.75) is 25.2 Å². The number of hydrogen-bond acceptors (Lipinski definition) is 4. The van der Waals surface area contributed by atoms with Crippen molar-refractivity contribution < 1.29 is 18.0 Å². The van der Waals surface area contributed by atoms with Crippen molar-refractivity contribution in [2.75, 3.05) is 0 Å². The first kappa shape index (κ1) is 22.2. The predicted octanol–water partition coefficient (Wildman–Crippen LogP) is 4.46. The van der Waals surface area contributed by atoms with E-state index in [1.807, 2.05) is 60.7 Å². The molecule has 0 spiro atoms. The fourth-order valence-electron chi connectivity index (χ4n) is 3.42. The molecule has 0 radical (unpaired) electrons. The molecule has 0 saturated heterocycles. The Bertz CT molecular complexity index is 1210. The summed E-state index contributed by atoms with van der Waals surface area (Å²) >= 11 is 0. The maximum Gasteiger partial charge on any atom is 0.416 e. The Morgan fingerprint density at radius 3 is 2.33 bits per heavy atom. The van der Waals surface area contributed by atoms with Gasteiger partial charge in [0.05, 0.1) is 11.6 Å². The quantitative estimate of drug-likeness (QED) is 0.450. The van der Waals surface area contributed by atoms with Gasteiger partial charge in [-0.05, 0) is 34.9 Å². The first-order valence-corrected chi connectivity index (χ1v) is 10.2. The SMILES string of the molecule is O=C(Cn1nnc(-c2cccc(C(F)(F)F)c2)n1)NC(Cc1ccccc1)c1ccccc1. The summed E-state index contributed by atoms with van der Waals surface area (Å²) in [5.74, 6) is -0.328. The van der Waals surface area contributed by atoms with Crippen LogP contribution >= 0.6 is 0 Å². The molecule has 0 aliphatic heterocycles. The Hall–Kier alpha value is -4.01. The van der Waals surface area contributed by atoms with Gasteiger partial charge in [-0.1, -0.05) is 72.8 Å². The Kier molecular flexibility index (Phi) is 6.48. The summed E-state index contributed by atoms with van der Waals surface area (Å²) in [4.78, 5) is 13.8. The van der Waals surface area contributed by atoms with Gasteiger partial charge in [0.25, 0.3) is 0 Å². The van der Waals surface area contributed by atoms with Crippen LogP contribution in [0.4, 0.5) is 13.2 Å². The van der Waals surface area contributed by atoms with E-state index in [9.17, 15) is 18.0 Å². The van der Waals surface area contributed by atoms with Crippen molar-refractivity contribution in [3.63, 3.8) is 0 Å². The Morgan fingerprint density at radius 1 is 0.939 bits per heavy atom. The van der Waals surface area contributed by atoms with Crippen LogP contribution in [-0.2, 0) is 23.9 Å². The lowest BCUT2D eigenvalue weighted by atomic mass is 9.99. The molecule has 4 rings (SSSR count). The van der Waals surface area contributed by atoms with Crippen LogP contribution in [0.2, 0.25) is 0 Å². The van der Waals surface area contributed by atoms with Crippen molar-refractivity contribution >= 4 is 5.91 Å². The van der Waals surface area contributed by atoms with Crippen LogP contribution in [0.15, 0.2) is 84.9 Å². The van der Waals surface area contributed by atoms with Crippen molar-refractivity contribution in [1.82, 2.24) is 25.5 Å². The van der Waals surface area contributed by atoms with Gasteiger partial charge in [-0.15, -0.1) is 10.2 Å². The van der Waals surface area contributed by atoms with E-state index in [2.05, 4.69) is 20.7 Å². The number of halogens is 3. The number of carbonyl (C=O) groups is 1. The highest BCUT2D eigenvalue weighted by molar-refractivity contribution is 5.76. The van der Waals surface area contributed by atoms with Crippen LogP contribution in [0, 0.1) is 0 Å². The second kappa shape index (κ2) is 9.64. The smallest absolute Gasteiger partial charge is 0.347 e. The zero-order chi connectivity index (χ0) is 23.3. The average Bonchev–Trinajstić information content (AvgIpc) is 3.28. The molecule has 1 unspecified atom stereocenters. The molecular formula is C24H20F3N5O. The van der Waals surface area contributed by atoms with Crippen molar-refractivity contribution in [2.24, 2.45) is 0 Å². The van der Waals surface area contributed by atoms with Gasteiger partial charge in [-0.3, -0.25) is 4.79 Å². The molecule has 168 valence electrons. The lowest BCUT2D eigenvalue weighted by Crippen LogP contribution is -2.33. The van der Waals surface area contributed by atoms with E-state index >= 15 is 0 Å². The number of alkyl halides is 3. The summed E-state index contributed by atoms with van der Waals surface area (Å²) < 4.78 is 38.9. The van der Waals surface area contributed by atoms with Gasteiger partial charge in [0.15, 0.2) is 0 Å². The molecule has 0 aliphatic rings. The number of hydrogen-bond donors (Lipinski definition) is 1. The van der Waals surface area contributed by atoms with Gasteiger partial charge in [0.1, 0.15) is 6.54 Å². The predicted molar refractivity (Wildman–Crippen MR) is 116 cm³/mol. The zero-order valence-electron chi connectivity index (χ0n) is 17.4. The van der Waals surface area contributed by atoms with Gasteiger partial charge in [0, 0.05) is 5.56 Å². The lowest BCUT2D eigenvalue weighted by molar-refractivity contribution is -0.137. The number of amides is 1. The molecule has 4 aromatic rings. The topological polar surface area (TPSA) is 72.7 Å². The molecule has 6 nitrogen and oxygen atoms in total. The average molecular weight is 451 g/mol. The number of tetrazole rings is 1. The summed E-state index contributed by atoms with van der Waals surface area (Å²) in [6.07, 6.45) is -3.88. The molecule has 1 aromatic heterocycles. The van der Waals surface area contributed by atoms with Crippen LogP contribution in [0.3, 0.4) is 0 Å². The molecule has 9 heteroatoms. The minimum Gasteiger partial charge on any atom is -0.347 e. The number of benzene rings is 3. The molecule has 0 fully saturated rings. The van der Waals surface area contributed by atoms with E-state index in [0.717, 1.165) is 28.1 Å². The highest BCUT2D eigenvalue weighted by Crippen LogP contribution is 2.31. The van der Waals surface area contributed by atoms with Crippen molar-refractivity contribution in [3.8, 4) is 11.4 Å². The van der Waals surface area contributed by atoms with Crippen molar-refractivity contribution in [1.29, 1.82) is 0 Å². The first-order valence-electron chi connectivity index (χ1n) is 10.2. The fraction of sp³-hybridized carbons (Fsp3) is 0.167. The molecule has 33 heavy (non-hydrogen) atoms. The van der Waals surface area contributed by atoms with Gasteiger partial charge < -0.3 is 5.32 Å². The lowest BCUT2D eigenvalue weighted by Gasteiger charge is -2.19. The number of rotatable bonds is 7. The maximum atomic E-state index is 13.0. The van der Waals surface area contributed by atoms with E-state index in [0.29, 0.717) is 6.42 Å². The van der Waals surface area contributed by atoms with E-state index < -0.39 is 11.7 Å². The second-order valence-corrected chi connectivity index (χ2v) is 7.44. The van der Waals surface area contributed by atoms with E-state index in [4.69, 9.17) is 0 Å². The number of nitrogens with zero attached hydrogens (tertiary/aromatic N) is 4. The molecule has 0 bridgehead atoms. The normalized spacial score (nSPS) is 12.3. The van der Waals surface area contributed by atoms with Crippen LogP contribution in [-0.4, -0.2) is 26.1 Å². The standard InChI is InChI=1S/C24H20F3N5O/c25-24(26,27)20-13-7-12-19(15-20)23-29-31-32(30-23)16-22(33)28-21(18-10-5-2-6-11-18)14-17-8-3-1-4-9-17/h1-13,15,21H,14,16H2,(H,28,33). The van der Waals surface area contributed by atoms with Gasteiger partial charge in [0.2, 0.25) is 11.7 Å². The second-order valence-electron chi connectivity index (χ2n) is 7.44. The summed E-state index contributed by atoms with van der Waals surface area (Å²) in [6, 6.07) is 23.8. The first-order chi connectivity index (χ1) is 15.9. The monoisotopic (exact) mass is 451 g/mol. The third-order valence-electron chi connectivity index (χ3n) is 5.01. The highest BCUT2D eigenvalue weighted by atomic mass is 19.4. The Labute approximate surface area is 188 Å². The Balaban J connectivity index is 1.47. The molecule has 0 aliphatic carbocycles. The highest BCUT2D eigenvalue weighted by Gasteiger charge is 2.30. The third-order valence-corrected chi connectivity index (χ3v) is 5.01.